The number of ketones is 1. The van der Waals surface area contributed by atoms with Crippen molar-refractivity contribution in [1.82, 2.24) is 0 Å². The number of Topliss-reactive ketones (excluding diaryl/α,β-unsaturated/α-hetero) is 1. The Balaban J connectivity index is 2.99. The number of ether oxygens (including phenoxy) is 1. The number of carbonyl (C=O) groups excluding carboxylic acids is 2. The first-order valence-electron chi connectivity index (χ1n) is 7.54. The maximum absolute atomic E-state index is 12.3. The molecule has 0 radical (unpaired) electrons. The van der Waals surface area contributed by atoms with Gasteiger partial charge in [-0.25, -0.2) is 4.79 Å². The molecule has 0 bridgehead atoms. The molecule has 0 unspecified atom stereocenters. The lowest BCUT2D eigenvalue weighted by atomic mass is 10.0. The van der Waals surface area contributed by atoms with E-state index in [1.54, 1.807) is 0 Å². The van der Waals surface area contributed by atoms with Crippen LogP contribution in [0.3, 0.4) is 0 Å². The number of hydrogen-bond donors (Lipinski definition) is 0. The molecule has 1 rings (SSSR count). The molecule has 0 fully saturated rings. The number of nitriles is 1. The van der Waals surface area contributed by atoms with Crippen molar-refractivity contribution in [3.8, 4) is 6.07 Å². The highest BCUT2D eigenvalue weighted by Crippen LogP contribution is 2.16. The fraction of sp³-hybridized carbons (Fsp3) is 0.312. The minimum Gasteiger partial charge on any atom is -0.461 e. The molecule has 0 saturated carbocycles. The highest BCUT2D eigenvalue weighted by molar-refractivity contribution is 6.20. The third-order valence-electron chi connectivity index (χ3n) is 3.11. The van der Waals surface area contributed by atoms with Crippen LogP contribution in [0.2, 0.25) is 0 Å². The normalized spacial score (nSPS) is 10.3. The number of non-ortho nitro benzene ring substituents is 1. The summed E-state index contributed by atoms with van der Waals surface area (Å²) in [5.41, 5.74) is 8.27. The lowest BCUT2D eigenvalue weighted by Gasteiger charge is -2.07. The van der Waals surface area contributed by atoms with Crippen molar-refractivity contribution < 1.29 is 19.2 Å². The molecule has 0 heterocycles. The molecule has 10 heteroatoms. The van der Waals surface area contributed by atoms with Gasteiger partial charge >= 0.3 is 5.97 Å². The Morgan fingerprint density at radius 3 is 2.65 bits per heavy atom. The molecule has 0 saturated heterocycles. The van der Waals surface area contributed by atoms with E-state index >= 15 is 0 Å². The molecule has 0 aliphatic carbocycles. The van der Waals surface area contributed by atoms with E-state index in [1.165, 1.54) is 30.3 Å². The van der Waals surface area contributed by atoms with Gasteiger partial charge in [0.1, 0.15) is 12.2 Å². The summed E-state index contributed by atoms with van der Waals surface area (Å²) >= 11 is 0. The fourth-order valence-electron chi connectivity index (χ4n) is 1.87. The zero-order valence-corrected chi connectivity index (χ0v) is 13.7. The van der Waals surface area contributed by atoms with Gasteiger partial charge in [0.25, 0.3) is 5.69 Å². The summed E-state index contributed by atoms with van der Waals surface area (Å²) < 4.78 is 4.89. The van der Waals surface area contributed by atoms with E-state index in [9.17, 15) is 19.7 Å². The Morgan fingerprint density at radius 2 is 2.08 bits per heavy atom. The number of nitrogens with zero attached hydrogens (tertiary/aromatic N) is 5. The summed E-state index contributed by atoms with van der Waals surface area (Å²) in [5.74, 6) is -1.40. The second-order valence-electron chi connectivity index (χ2n) is 4.93. The van der Waals surface area contributed by atoms with Gasteiger partial charge in [0.15, 0.2) is 5.78 Å². The molecular formula is C16H15N5O5. The van der Waals surface area contributed by atoms with Gasteiger partial charge in [-0.05, 0) is 35.7 Å². The molecule has 1 aromatic rings. The summed E-state index contributed by atoms with van der Waals surface area (Å²) in [6.07, 6.45) is 1.48. The highest BCUT2D eigenvalue weighted by Gasteiger charge is 2.19. The number of carbonyl (C=O) groups is 2. The molecule has 1 aromatic carbocycles. The molecule has 0 spiro atoms. The van der Waals surface area contributed by atoms with Crippen molar-refractivity contribution in [2.75, 3.05) is 13.2 Å². The van der Waals surface area contributed by atoms with Crippen LogP contribution in [0.25, 0.3) is 16.5 Å². The second-order valence-corrected chi connectivity index (χ2v) is 4.93. The third-order valence-corrected chi connectivity index (χ3v) is 3.11. The molecule has 10 nitrogen and oxygen atoms in total. The van der Waals surface area contributed by atoms with E-state index in [0.29, 0.717) is 5.56 Å². The molecule has 0 amide bonds. The van der Waals surface area contributed by atoms with Crippen LogP contribution in [0.5, 0.6) is 0 Å². The first-order valence-corrected chi connectivity index (χ1v) is 7.54. The zero-order valence-electron chi connectivity index (χ0n) is 13.7. The molecule has 0 atom stereocenters. The molecule has 134 valence electrons. The number of nitro groups is 1. The Labute approximate surface area is 148 Å². The van der Waals surface area contributed by atoms with Crippen LogP contribution in [0.15, 0.2) is 35.0 Å². The smallest absolute Gasteiger partial charge is 0.341 e. The summed E-state index contributed by atoms with van der Waals surface area (Å²) in [6.45, 7) is -0.0462. The van der Waals surface area contributed by atoms with E-state index in [2.05, 4.69) is 10.0 Å². The van der Waals surface area contributed by atoms with Crippen molar-refractivity contribution >= 4 is 23.5 Å². The highest BCUT2D eigenvalue weighted by atomic mass is 16.6. The van der Waals surface area contributed by atoms with Gasteiger partial charge in [0.2, 0.25) is 0 Å². The zero-order chi connectivity index (χ0) is 19.4. The third kappa shape index (κ3) is 6.82. The van der Waals surface area contributed by atoms with E-state index in [4.69, 9.17) is 15.5 Å². The van der Waals surface area contributed by atoms with Gasteiger partial charge in [0, 0.05) is 30.0 Å². The molecule has 0 aliphatic rings. The minimum atomic E-state index is -0.882. The molecule has 0 aliphatic heterocycles. The van der Waals surface area contributed by atoms with Crippen molar-refractivity contribution in [3.05, 3.63) is 56.0 Å². The van der Waals surface area contributed by atoms with E-state index in [-0.39, 0.29) is 43.7 Å². The van der Waals surface area contributed by atoms with Gasteiger partial charge in [-0.3, -0.25) is 14.9 Å². The minimum absolute atomic E-state index is 0.0123. The van der Waals surface area contributed by atoms with Crippen LogP contribution in [-0.2, 0) is 14.3 Å². The van der Waals surface area contributed by atoms with Crippen LogP contribution >= 0.6 is 0 Å². The van der Waals surface area contributed by atoms with E-state index in [1.807, 2.05) is 6.07 Å². The van der Waals surface area contributed by atoms with E-state index in [0.717, 1.165) is 0 Å². The molecule has 26 heavy (non-hydrogen) atoms. The summed E-state index contributed by atoms with van der Waals surface area (Å²) in [6, 6.07) is 7.10. The van der Waals surface area contributed by atoms with Gasteiger partial charge < -0.3 is 4.74 Å². The van der Waals surface area contributed by atoms with E-state index < -0.39 is 16.7 Å². The summed E-state index contributed by atoms with van der Waals surface area (Å²) in [4.78, 5) is 37.1. The Bertz CT molecular complexity index is 788. The second kappa shape index (κ2) is 11.0. The van der Waals surface area contributed by atoms with Crippen molar-refractivity contribution in [1.29, 1.82) is 5.26 Å². The number of hydrogen-bond acceptors (Lipinski definition) is 7. The van der Waals surface area contributed by atoms with Gasteiger partial charge in [-0.2, -0.15) is 5.26 Å². The Hall–Kier alpha value is -3.70. The van der Waals surface area contributed by atoms with Crippen LogP contribution < -0.4 is 0 Å². The number of nitro benzene ring substituents is 1. The monoisotopic (exact) mass is 357 g/mol. The summed E-state index contributed by atoms with van der Waals surface area (Å²) in [5, 5.41) is 22.5. The maximum Gasteiger partial charge on any atom is 0.341 e. The quantitative estimate of drug-likeness (QED) is 0.0597. The average molecular weight is 357 g/mol. The van der Waals surface area contributed by atoms with Crippen molar-refractivity contribution in [2.24, 2.45) is 5.11 Å². The molecule has 0 aromatic heterocycles. The van der Waals surface area contributed by atoms with Crippen molar-refractivity contribution in [2.45, 2.75) is 19.3 Å². The lowest BCUT2D eigenvalue weighted by Crippen LogP contribution is -2.16. The van der Waals surface area contributed by atoms with Crippen LogP contribution in [0, 0.1) is 21.4 Å². The van der Waals surface area contributed by atoms with Crippen LogP contribution in [0.4, 0.5) is 5.69 Å². The first-order chi connectivity index (χ1) is 12.5. The number of esters is 1. The first kappa shape index (κ1) is 20.3. The van der Waals surface area contributed by atoms with Crippen LogP contribution in [-0.4, -0.2) is 29.8 Å². The number of rotatable bonds is 10. The Kier molecular flexibility index (Phi) is 8.58. The van der Waals surface area contributed by atoms with Gasteiger partial charge in [0.05, 0.1) is 17.4 Å². The largest absolute Gasteiger partial charge is 0.461 e. The van der Waals surface area contributed by atoms with Gasteiger partial charge in [-0.1, -0.05) is 5.11 Å². The molecular weight excluding hydrogens is 342 g/mol. The molecule has 0 N–H and O–H groups in total. The average Bonchev–Trinajstić information content (AvgIpc) is 2.63. The fourth-order valence-corrected chi connectivity index (χ4v) is 1.87. The summed E-state index contributed by atoms with van der Waals surface area (Å²) in [7, 11) is 0. The standard InChI is InChI=1S/C16H15N5O5/c17-8-2-10-26-16(23)14(15(22)3-1-9-19-20-18)11-12-4-6-13(7-5-12)21(24)25/h4-7,11H,1-3,9-10H2. The SMILES string of the molecule is N#CCCOC(=O)C(=Cc1ccc([N+](=O)[O-])cc1)C(=O)CCCN=[N+]=[N-]. The topological polar surface area (TPSA) is 159 Å². The maximum atomic E-state index is 12.3. The Morgan fingerprint density at radius 1 is 1.38 bits per heavy atom. The predicted octanol–water partition coefficient (Wildman–Crippen LogP) is 3.09. The predicted molar refractivity (Wildman–Crippen MR) is 90.5 cm³/mol. The van der Waals surface area contributed by atoms with Crippen LogP contribution in [0.1, 0.15) is 24.8 Å². The lowest BCUT2D eigenvalue weighted by molar-refractivity contribution is -0.384. The van der Waals surface area contributed by atoms with Crippen molar-refractivity contribution in [3.63, 3.8) is 0 Å². The number of benzene rings is 1. The number of azide groups is 1. The van der Waals surface area contributed by atoms with Gasteiger partial charge in [-0.15, -0.1) is 0 Å².